The summed E-state index contributed by atoms with van der Waals surface area (Å²) < 4.78 is 0. The van der Waals surface area contributed by atoms with Crippen molar-refractivity contribution in [3.8, 4) is 0 Å². The predicted octanol–water partition coefficient (Wildman–Crippen LogP) is 1.87. The van der Waals surface area contributed by atoms with Crippen LogP contribution < -0.4 is 10.6 Å². The van der Waals surface area contributed by atoms with Gasteiger partial charge in [-0.15, -0.1) is 0 Å². The second-order valence-corrected chi connectivity index (χ2v) is 4.05. The molecule has 0 unspecified atom stereocenters. The molecule has 0 aliphatic rings. The van der Waals surface area contributed by atoms with Crippen LogP contribution in [0.4, 0.5) is 0 Å². The van der Waals surface area contributed by atoms with Gasteiger partial charge in [-0.1, -0.05) is 13.0 Å². The monoisotopic (exact) mass is 221 g/mol. The van der Waals surface area contributed by atoms with E-state index in [1.165, 1.54) is 12.8 Å². The first-order valence-electron chi connectivity index (χ1n) is 6.17. The fourth-order valence-electron chi connectivity index (χ4n) is 1.55. The molecular formula is C13H23N3. The summed E-state index contributed by atoms with van der Waals surface area (Å²) in [6.07, 6.45) is 2.38. The Labute approximate surface area is 98.7 Å². The first-order chi connectivity index (χ1) is 7.83. The van der Waals surface area contributed by atoms with Crippen LogP contribution in [0.5, 0.6) is 0 Å². The van der Waals surface area contributed by atoms with E-state index >= 15 is 0 Å². The van der Waals surface area contributed by atoms with E-state index < -0.39 is 0 Å². The fraction of sp³-hybridized carbons (Fsp3) is 0.615. The van der Waals surface area contributed by atoms with Gasteiger partial charge in [0.25, 0.3) is 0 Å². The lowest BCUT2D eigenvalue weighted by Crippen LogP contribution is -2.22. The summed E-state index contributed by atoms with van der Waals surface area (Å²) in [5.74, 6) is 0. The van der Waals surface area contributed by atoms with Gasteiger partial charge in [0.1, 0.15) is 0 Å². The summed E-state index contributed by atoms with van der Waals surface area (Å²) in [5, 5.41) is 6.79. The van der Waals surface area contributed by atoms with E-state index in [0.717, 1.165) is 37.6 Å². The minimum atomic E-state index is 0.870. The molecule has 0 amide bonds. The maximum absolute atomic E-state index is 4.44. The standard InChI is InChI=1S/C13H23N3/c1-3-8-14-9-5-10-15-11-13-7-4-6-12(2)16-13/h4,6-7,14-15H,3,5,8-11H2,1-2H3. The molecule has 0 bridgehead atoms. The quantitative estimate of drug-likeness (QED) is 0.658. The fourth-order valence-corrected chi connectivity index (χ4v) is 1.55. The Kier molecular flexibility index (Phi) is 6.77. The highest BCUT2D eigenvalue weighted by atomic mass is 14.9. The Hall–Kier alpha value is -0.930. The van der Waals surface area contributed by atoms with Crippen LogP contribution in [-0.4, -0.2) is 24.6 Å². The van der Waals surface area contributed by atoms with Crippen molar-refractivity contribution in [1.82, 2.24) is 15.6 Å². The second kappa shape index (κ2) is 8.25. The molecule has 16 heavy (non-hydrogen) atoms. The summed E-state index contributed by atoms with van der Waals surface area (Å²) in [7, 11) is 0. The molecule has 0 saturated carbocycles. The molecule has 0 aliphatic heterocycles. The highest BCUT2D eigenvalue weighted by molar-refractivity contribution is 5.09. The van der Waals surface area contributed by atoms with Crippen molar-refractivity contribution in [1.29, 1.82) is 0 Å². The SMILES string of the molecule is CCCNCCCNCc1cccc(C)n1. The molecule has 0 aliphatic carbocycles. The van der Waals surface area contributed by atoms with Crippen LogP contribution in [0.2, 0.25) is 0 Å². The maximum Gasteiger partial charge on any atom is 0.0544 e. The maximum atomic E-state index is 4.44. The number of nitrogens with zero attached hydrogens (tertiary/aromatic N) is 1. The highest BCUT2D eigenvalue weighted by Crippen LogP contribution is 1.97. The molecule has 0 aromatic carbocycles. The normalized spacial score (nSPS) is 10.6. The van der Waals surface area contributed by atoms with Gasteiger partial charge in [0, 0.05) is 12.2 Å². The zero-order valence-corrected chi connectivity index (χ0v) is 10.4. The summed E-state index contributed by atoms with van der Waals surface area (Å²) in [6.45, 7) is 8.36. The van der Waals surface area contributed by atoms with Crippen molar-refractivity contribution in [2.24, 2.45) is 0 Å². The lowest BCUT2D eigenvalue weighted by molar-refractivity contribution is 0.588. The Morgan fingerprint density at radius 3 is 2.69 bits per heavy atom. The van der Waals surface area contributed by atoms with Crippen LogP contribution in [0.1, 0.15) is 31.2 Å². The Bertz CT molecular complexity index is 286. The predicted molar refractivity (Wildman–Crippen MR) is 68.5 cm³/mol. The van der Waals surface area contributed by atoms with Crippen molar-refractivity contribution >= 4 is 0 Å². The molecule has 3 heteroatoms. The van der Waals surface area contributed by atoms with Crippen LogP contribution in [0.25, 0.3) is 0 Å². The zero-order chi connectivity index (χ0) is 11.6. The number of aryl methyl sites for hydroxylation is 1. The number of hydrogen-bond acceptors (Lipinski definition) is 3. The number of aromatic nitrogens is 1. The molecule has 2 N–H and O–H groups in total. The number of hydrogen-bond donors (Lipinski definition) is 2. The highest BCUT2D eigenvalue weighted by Gasteiger charge is 1.94. The summed E-state index contributed by atoms with van der Waals surface area (Å²) in [4.78, 5) is 4.44. The van der Waals surface area contributed by atoms with Gasteiger partial charge in [-0.05, 0) is 51.5 Å². The number of pyridine rings is 1. The second-order valence-electron chi connectivity index (χ2n) is 4.05. The minimum Gasteiger partial charge on any atom is -0.317 e. The van der Waals surface area contributed by atoms with Gasteiger partial charge >= 0.3 is 0 Å². The van der Waals surface area contributed by atoms with Crippen molar-refractivity contribution in [3.63, 3.8) is 0 Å². The van der Waals surface area contributed by atoms with E-state index in [-0.39, 0.29) is 0 Å². The third-order valence-corrected chi connectivity index (χ3v) is 2.39. The molecule has 1 heterocycles. The van der Waals surface area contributed by atoms with Crippen LogP contribution in [0.3, 0.4) is 0 Å². The van der Waals surface area contributed by atoms with Gasteiger partial charge in [0.05, 0.1) is 5.69 Å². The van der Waals surface area contributed by atoms with Gasteiger partial charge in [-0.3, -0.25) is 4.98 Å². The van der Waals surface area contributed by atoms with Gasteiger partial charge < -0.3 is 10.6 Å². The van der Waals surface area contributed by atoms with Crippen LogP contribution in [0, 0.1) is 6.92 Å². The van der Waals surface area contributed by atoms with E-state index in [9.17, 15) is 0 Å². The van der Waals surface area contributed by atoms with E-state index in [2.05, 4.69) is 34.7 Å². The first kappa shape index (κ1) is 13.1. The summed E-state index contributed by atoms with van der Waals surface area (Å²) in [6, 6.07) is 6.15. The molecule has 3 nitrogen and oxygen atoms in total. The summed E-state index contributed by atoms with van der Waals surface area (Å²) >= 11 is 0. The molecule has 0 fully saturated rings. The molecule has 90 valence electrons. The lowest BCUT2D eigenvalue weighted by atomic mass is 10.3. The molecule has 1 rings (SSSR count). The van der Waals surface area contributed by atoms with Gasteiger partial charge in [0.2, 0.25) is 0 Å². The van der Waals surface area contributed by atoms with Gasteiger partial charge in [-0.2, -0.15) is 0 Å². The van der Waals surface area contributed by atoms with E-state index in [1.807, 2.05) is 13.0 Å². The Morgan fingerprint density at radius 2 is 1.94 bits per heavy atom. The Morgan fingerprint density at radius 1 is 1.12 bits per heavy atom. The van der Waals surface area contributed by atoms with Gasteiger partial charge in [0.15, 0.2) is 0 Å². The molecule has 1 aromatic heterocycles. The minimum absolute atomic E-state index is 0.870. The zero-order valence-electron chi connectivity index (χ0n) is 10.4. The molecular weight excluding hydrogens is 198 g/mol. The average molecular weight is 221 g/mol. The largest absolute Gasteiger partial charge is 0.317 e. The van der Waals surface area contributed by atoms with Crippen molar-refractivity contribution < 1.29 is 0 Å². The third kappa shape index (κ3) is 5.83. The molecule has 0 spiro atoms. The molecule has 1 aromatic rings. The number of rotatable bonds is 8. The Balaban J connectivity index is 2.03. The first-order valence-corrected chi connectivity index (χ1v) is 6.17. The topological polar surface area (TPSA) is 37.0 Å². The van der Waals surface area contributed by atoms with Crippen molar-refractivity contribution in [2.45, 2.75) is 33.2 Å². The average Bonchev–Trinajstić information content (AvgIpc) is 2.28. The molecule has 0 saturated heterocycles. The molecule has 0 radical (unpaired) electrons. The van der Waals surface area contributed by atoms with Crippen molar-refractivity contribution in [2.75, 3.05) is 19.6 Å². The third-order valence-electron chi connectivity index (χ3n) is 2.39. The van der Waals surface area contributed by atoms with E-state index in [0.29, 0.717) is 0 Å². The smallest absolute Gasteiger partial charge is 0.0544 e. The van der Waals surface area contributed by atoms with E-state index in [4.69, 9.17) is 0 Å². The molecule has 0 atom stereocenters. The van der Waals surface area contributed by atoms with E-state index in [1.54, 1.807) is 0 Å². The van der Waals surface area contributed by atoms with Crippen LogP contribution >= 0.6 is 0 Å². The number of nitrogens with one attached hydrogen (secondary N) is 2. The van der Waals surface area contributed by atoms with Crippen LogP contribution in [-0.2, 0) is 6.54 Å². The van der Waals surface area contributed by atoms with Crippen molar-refractivity contribution in [3.05, 3.63) is 29.6 Å². The lowest BCUT2D eigenvalue weighted by Gasteiger charge is -2.05. The van der Waals surface area contributed by atoms with Gasteiger partial charge in [-0.25, -0.2) is 0 Å². The van der Waals surface area contributed by atoms with Crippen LogP contribution in [0.15, 0.2) is 18.2 Å². The summed E-state index contributed by atoms with van der Waals surface area (Å²) in [5.41, 5.74) is 2.21.